The minimum Gasteiger partial charge on any atom is -0.0654 e. The van der Waals surface area contributed by atoms with Crippen LogP contribution in [0.1, 0.15) is 100.0 Å². The van der Waals surface area contributed by atoms with Gasteiger partial charge in [0, 0.05) is 0 Å². The van der Waals surface area contributed by atoms with Crippen molar-refractivity contribution in [3.63, 3.8) is 0 Å². The van der Waals surface area contributed by atoms with Crippen LogP contribution in [0.4, 0.5) is 0 Å². The van der Waals surface area contributed by atoms with Crippen molar-refractivity contribution in [1.29, 1.82) is 0 Å². The van der Waals surface area contributed by atoms with Crippen molar-refractivity contribution < 1.29 is 0 Å². The van der Waals surface area contributed by atoms with Crippen LogP contribution in [0.5, 0.6) is 0 Å². The Labute approximate surface area is 186 Å². The Hall–Kier alpha value is -1.56. The molecular formula is C30H44. The van der Waals surface area contributed by atoms with Crippen LogP contribution in [-0.2, 0) is 12.8 Å². The molecule has 0 spiro atoms. The summed E-state index contributed by atoms with van der Waals surface area (Å²) in [7, 11) is 0. The van der Waals surface area contributed by atoms with Gasteiger partial charge in [-0.15, -0.1) is 0 Å². The van der Waals surface area contributed by atoms with E-state index in [0.717, 1.165) is 5.92 Å². The van der Waals surface area contributed by atoms with E-state index < -0.39 is 0 Å². The molecule has 0 nitrogen and oxygen atoms in total. The van der Waals surface area contributed by atoms with Crippen molar-refractivity contribution in [2.24, 2.45) is 17.3 Å². The topological polar surface area (TPSA) is 0 Å². The molecule has 164 valence electrons. The average molecular weight is 405 g/mol. The van der Waals surface area contributed by atoms with E-state index in [1.54, 1.807) is 11.1 Å². The van der Waals surface area contributed by atoms with E-state index in [-0.39, 0.29) is 0 Å². The third-order valence-electron chi connectivity index (χ3n) is 7.95. The predicted molar refractivity (Wildman–Crippen MR) is 132 cm³/mol. The van der Waals surface area contributed by atoms with Gasteiger partial charge in [-0.2, -0.15) is 0 Å². The minimum atomic E-state index is 0.577. The summed E-state index contributed by atoms with van der Waals surface area (Å²) < 4.78 is 0. The summed E-state index contributed by atoms with van der Waals surface area (Å²) in [6, 6.07) is 16.5. The number of benzene rings is 2. The van der Waals surface area contributed by atoms with Crippen molar-refractivity contribution in [2.75, 3.05) is 0 Å². The quantitative estimate of drug-likeness (QED) is 0.351. The highest BCUT2D eigenvalue weighted by atomic mass is 14.6. The number of rotatable bonds is 11. The molecule has 0 N–H and O–H groups in total. The fraction of sp³-hybridized carbons (Fsp3) is 0.600. The van der Waals surface area contributed by atoms with Gasteiger partial charge in [0.1, 0.15) is 0 Å². The summed E-state index contributed by atoms with van der Waals surface area (Å²) >= 11 is 0. The van der Waals surface area contributed by atoms with Crippen LogP contribution in [0.2, 0.25) is 0 Å². The molecule has 3 atom stereocenters. The van der Waals surface area contributed by atoms with Crippen molar-refractivity contribution in [1.82, 2.24) is 0 Å². The normalized spacial score (nSPS) is 18.1. The first-order valence-corrected chi connectivity index (χ1v) is 12.6. The highest BCUT2D eigenvalue weighted by Crippen LogP contribution is 2.62. The molecule has 2 aromatic rings. The van der Waals surface area contributed by atoms with Crippen molar-refractivity contribution in [3.8, 4) is 0 Å². The minimum absolute atomic E-state index is 0.577. The first-order valence-electron chi connectivity index (χ1n) is 12.6. The standard InChI is InChI=1S/C30H44/c1-7-12-25-15-16-27(20-23(25)5)28(9-3)29(30(17-8-2)18-19-30)24(6)21-26-14-11-10-13-22(26)4/h10-11,13-16,20,24,28-29H,7-9,12,17-19,21H2,1-6H3. The maximum absolute atomic E-state index is 2.55. The molecule has 1 aliphatic carbocycles. The molecule has 0 bridgehead atoms. The van der Waals surface area contributed by atoms with Gasteiger partial charge in [-0.1, -0.05) is 83.0 Å². The van der Waals surface area contributed by atoms with Gasteiger partial charge < -0.3 is 0 Å². The SMILES string of the molecule is CCCc1ccc(C(CC)C(C(C)Cc2ccccc2C)C2(CCC)CC2)cc1C. The number of hydrogen-bond donors (Lipinski definition) is 0. The lowest BCUT2D eigenvalue weighted by molar-refractivity contribution is 0.160. The second-order valence-electron chi connectivity index (χ2n) is 10.2. The Balaban J connectivity index is 1.94. The molecule has 1 saturated carbocycles. The van der Waals surface area contributed by atoms with Gasteiger partial charge in [0.2, 0.25) is 0 Å². The largest absolute Gasteiger partial charge is 0.0654 e. The third kappa shape index (κ3) is 5.01. The lowest BCUT2D eigenvalue weighted by Gasteiger charge is -2.39. The third-order valence-corrected chi connectivity index (χ3v) is 7.95. The van der Waals surface area contributed by atoms with Gasteiger partial charge in [-0.25, -0.2) is 0 Å². The van der Waals surface area contributed by atoms with Gasteiger partial charge in [0.25, 0.3) is 0 Å². The zero-order valence-electron chi connectivity index (χ0n) is 20.4. The smallest absolute Gasteiger partial charge is 0.0128 e. The lowest BCUT2D eigenvalue weighted by atomic mass is 9.65. The van der Waals surface area contributed by atoms with Crippen molar-refractivity contribution in [3.05, 3.63) is 70.3 Å². The van der Waals surface area contributed by atoms with Crippen LogP contribution in [-0.4, -0.2) is 0 Å². The predicted octanol–water partition coefficient (Wildman–Crippen LogP) is 8.82. The zero-order chi connectivity index (χ0) is 21.7. The summed E-state index contributed by atoms with van der Waals surface area (Å²) in [5, 5.41) is 0. The second-order valence-corrected chi connectivity index (χ2v) is 10.2. The first kappa shape index (κ1) is 23.1. The summed E-state index contributed by atoms with van der Waals surface area (Å²) in [5.41, 5.74) is 8.21. The van der Waals surface area contributed by atoms with Gasteiger partial charge in [0.05, 0.1) is 0 Å². The molecule has 0 heteroatoms. The maximum atomic E-state index is 2.55. The number of aryl methyl sites for hydroxylation is 3. The van der Waals surface area contributed by atoms with E-state index in [4.69, 9.17) is 0 Å². The van der Waals surface area contributed by atoms with Gasteiger partial charge in [-0.3, -0.25) is 0 Å². The fourth-order valence-corrected chi connectivity index (χ4v) is 6.34. The second kappa shape index (κ2) is 10.2. The summed E-state index contributed by atoms with van der Waals surface area (Å²) in [6.45, 7) is 14.2. The Kier molecular flexibility index (Phi) is 7.83. The van der Waals surface area contributed by atoms with E-state index in [2.05, 4.69) is 84.0 Å². The monoisotopic (exact) mass is 404 g/mol. The molecule has 1 fully saturated rings. The van der Waals surface area contributed by atoms with E-state index in [1.807, 2.05) is 0 Å². The lowest BCUT2D eigenvalue weighted by Crippen LogP contribution is -2.31. The van der Waals surface area contributed by atoms with Gasteiger partial charge >= 0.3 is 0 Å². The molecule has 30 heavy (non-hydrogen) atoms. The Morgan fingerprint density at radius 1 is 0.867 bits per heavy atom. The van der Waals surface area contributed by atoms with Crippen LogP contribution >= 0.6 is 0 Å². The molecule has 0 radical (unpaired) electrons. The molecule has 2 aromatic carbocycles. The molecule has 3 rings (SSSR count). The molecule has 3 unspecified atom stereocenters. The van der Waals surface area contributed by atoms with Crippen molar-refractivity contribution >= 4 is 0 Å². The van der Waals surface area contributed by atoms with E-state index >= 15 is 0 Å². The molecule has 0 amide bonds. The molecule has 0 saturated heterocycles. The van der Waals surface area contributed by atoms with E-state index in [1.165, 1.54) is 68.1 Å². The zero-order valence-corrected chi connectivity index (χ0v) is 20.4. The fourth-order valence-electron chi connectivity index (χ4n) is 6.34. The van der Waals surface area contributed by atoms with Crippen LogP contribution in [0, 0.1) is 31.1 Å². The van der Waals surface area contributed by atoms with E-state index in [9.17, 15) is 0 Å². The highest BCUT2D eigenvalue weighted by molar-refractivity contribution is 5.34. The van der Waals surface area contributed by atoms with Crippen LogP contribution in [0.3, 0.4) is 0 Å². The Morgan fingerprint density at radius 2 is 1.60 bits per heavy atom. The summed E-state index contributed by atoms with van der Waals surface area (Å²) in [4.78, 5) is 0. The maximum Gasteiger partial charge on any atom is -0.0128 e. The Bertz CT molecular complexity index is 811. The van der Waals surface area contributed by atoms with Crippen LogP contribution in [0.15, 0.2) is 42.5 Å². The molecule has 0 heterocycles. The Morgan fingerprint density at radius 3 is 2.17 bits per heavy atom. The van der Waals surface area contributed by atoms with Gasteiger partial charge in [0.15, 0.2) is 0 Å². The average Bonchev–Trinajstić information content (AvgIpc) is 3.49. The number of hydrogen-bond acceptors (Lipinski definition) is 0. The van der Waals surface area contributed by atoms with E-state index in [0.29, 0.717) is 17.3 Å². The van der Waals surface area contributed by atoms with Crippen molar-refractivity contribution in [2.45, 2.75) is 98.8 Å². The molecular weight excluding hydrogens is 360 g/mol. The first-order chi connectivity index (χ1) is 14.5. The highest BCUT2D eigenvalue weighted by Gasteiger charge is 2.52. The molecule has 0 aliphatic heterocycles. The molecule has 1 aliphatic rings. The van der Waals surface area contributed by atoms with Crippen LogP contribution < -0.4 is 0 Å². The van der Waals surface area contributed by atoms with Gasteiger partial charge in [-0.05, 0) is 103 Å². The summed E-state index contributed by atoms with van der Waals surface area (Å²) in [5.74, 6) is 2.16. The summed E-state index contributed by atoms with van der Waals surface area (Å²) in [6.07, 6.45) is 10.5. The molecule has 0 aromatic heterocycles. The van der Waals surface area contributed by atoms with Crippen LogP contribution in [0.25, 0.3) is 0 Å².